The van der Waals surface area contributed by atoms with Crippen molar-refractivity contribution in [3.8, 4) is 0 Å². The molecule has 17 heavy (non-hydrogen) atoms. The zero-order chi connectivity index (χ0) is 12.5. The lowest BCUT2D eigenvalue weighted by Crippen LogP contribution is -2.43. The molecule has 2 atom stereocenters. The van der Waals surface area contributed by atoms with Crippen molar-refractivity contribution in [2.75, 3.05) is 0 Å². The molecule has 0 radical (unpaired) electrons. The second-order valence-corrected chi connectivity index (χ2v) is 6.03. The lowest BCUT2D eigenvalue weighted by Gasteiger charge is -2.16. The van der Waals surface area contributed by atoms with Gasteiger partial charge in [0.05, 0.1) is 6.33 Å². The van der Waals surface area contributed by atoms with E-state index in [2.05, 4.69) is 9.71 Å². The number of hydrogen-bond acceptors (Lipinski definition) is 4. The largest absolute Gasteiger partial charge is 0.336 e. The molecule has 0 saturated heterocycles. The highest BCUT2D eigenvalue weighted by Gasteiger charge is 2.29. The minimum absolute atomic E-state index is 0.0680. The average molecular weight is 258 g/mol. The van der Waals surface area contributed by atoms with Gasteiger partial charge < -0.3 is 10.3 Å². The third-order valence-corrected chi connectivity index (χ3v) is 4.50. The predicted octanol–water partition coefficient (Wildman–Crippen LogP) is 0.0611. The van der Waals surface area contributed by atoms with E-state index in [9.17, 15) is 8.42 Å². The summed E-state index contributed by atoms with van der Waals surface area (Å²) < 4.78 is 28.4. The topological polar surface area (TPSA) is 90.0 Å². The van der Waals surface area contributed by atoms with Gasteiger partial charge in [0, 0.05) is 24.8 Å². The molecule has 1 fully saturated rings. The van der Waals surface area contributed by atoms with Crippen molar-refractivity contribution >= 4 is 10.0 Å². The first-order valence-electron chi connectivity index (χ1n) is 5.82. The number of nitrogens with zero attached hydrogens (tertiary/aromatic N) is 2. The van der Waals surface area contributed by atoms with Crippen molar-refractivity contribution in [2.45, 2.75) is 49.8 Å². The normalized spacial score (nSPS) is 25.3. The van der Waals surface area contributed by atoms with Crippen LogP contribution in [0.5, 0.6) is 0 Å². The Bertz CT molecular complexity index is 482. The number of aryl methyl sites for hydroxylation is 1. The predicted molar refractivity (Wildman–Crippen MR) is 63.8 cm³/mol. The second-order valence-electron chi connectivity index (χ2n) is 4.36. The Balaban J connectivity index is 2.13. The van der Waals surface area contributed by atoms with Crippen LogP contribution in [0, 0.1) is 0 Å². The van der Waals surface area contributed by atoms with Gasteiger partial charge in [0.15, 0.2) is 5.03 Å². The molecular weight excluding hydrogens is 240 g/mol. The van der Waals surface area contributed by atoms with E-state index in [0.29, 0.717) is 6.54 Å². The molecule has 1 saturated carbocycles. The molecule has 0 amide bonds. The molecule has 3 N–H and O–H groups in total. The quantitative estimate of drug-likeness (QED) is 0.799. The summed E-state index contributed by atoms with van der Waals surface area (Å²) >= 11 is 0. The first kappa shape index (κ1) is 12.5. The summed E-state index contributed by atoms with van der Waals surface area (Å²) in [6.45, 7) is 2.63. The maximum absolute atomic E-state index is 12.0. The van der Waals surface area contributed by atoms with Crippen molar-refractivity contribution in [3.63, 3.8) is 0 Å². The molecule has 1 aromatic heterocycles. The summed E-state index contributed by atoms with van der Waals surface area (Å²) in [6, 6.07) is -0.246. The van der Waals surface area contributed by atoms with E-state index in [0.717, 1.165) is 19.3 Å². The fourth-order valence-corrected chi connectivity index (χ4v) is 3.32. The van der Waals surface area contributed by atoms with Crippen molar-refractivity contribution in [2.24, 2.45) is 5.73 Å². The molecule has 0 spiro atoms. The summed E-state index contributed by atoms with van der Waals surface area (Å²) in [5.74, 6) is 0. The van der Waals surface area contributed by atoms with Gasteiger partial charge in [-0.3, -0.25) is 0 Å². The van der Waals surface area contributed by atoms with Crippen LogP contribution in [0.2, 0.25) is 0 Å². The Kier molecular flexibility index (Phi) is 3.50. The molecule has 1 aromatic rings. The van der Waals surface area contributed by atoms with Crippen LogP contribution in [0.3, 0.4) is 0 Å². The number of rotatable bonds is 4. The van der Waals surface area contributed by atoms with Gasteiger partial charge in [-0.1, -0.05) is 6.42 Å². The maximum Gasteiger partial charge on any atom is 0.259 e. The molecule has 0 aliphatic heterocycles. The monoisotopic (exact) mass is 258 g/mol. The highest BCUT2D eigenvalue weighted by molar-refractivity contribution is 7.89. The molecule has 0 bridgehead atoms. The summed E-state index contributed by atoms with van der Waals surface area (Å²) in [4.78, 5) is 3.90. The van der Waals surface area contributed by atoms with Crippen LogP contribution >= 0.6 is 0 Å². The number of sulfonamides is 1. The lowest BCUT2D eigenvalue weighted by atomic mass is 10.2. The number of nitrogens with two attached hydrogens (primary N) is 1. The first-order valence-corrected chi connectivity index (χ1v) is 7.31. The Morgan fingerprint density at radius 2 is 2.35 bits per heavy atom. The SMILES string of the molecule is CCn1cnc(S(=O)(=O)NC2CCCC2N)c1. The molecule has 6 nitrogen and oxygen atoms in total. The van der Waals surface area contributed by atoms with Crippen LogP contribution in [0.15, 0.2) is 17.6 Å². The highest BCUT2D eigenvalue weighted by atomic mass is 32.2. The van der Waals surface area contributed by atoms with E-state index >= 15 is 0 Å². The van der Waals surface area contributed by atoms with Gasteiger partial charge in [-0.05, 0) is 19.8 Å². The molecule has 96 valence electrons. The molecule has 2 unspecified atom stereocenters. The minimum Gasteiger partial charge on any atom is -0.336 e. The minimum atomic E-state index is -3.53. The second kappa shape index (κ2) is 4.75. The zero-order valence-electron chi connectivity index (χ0n) is 9.83. The molecule has 2 rings (SSSR count). The van der Waals surface area contributed by atoms with E-state index in [1.54, 1.807) is 4.57 Å². The van der Waals surface area contributed by atoms with Gasteiger partial charge in [0.2, 0.25) is 0 Å². The van der Waals surface area contributed by atoms with Crippen molar-refractivity contribution < 1.29 is 8.42 Å². The van der Waals surface area contributed by atoms with Crippen molar-refractivity contribution in [1.82, 2.24) is 14.3 Å². The van der Waals surface area contributed by atoms with E-state index in [-0.39, 0.29) is 17.1 Å². The van der Waals surface area contributed by atoms with E-state index in [4.69, 9.17) is 5.73 Å². The number of imidazole rings is 1. The molecule has 1 aliphatic rings. The standard InChI is InChI=1S/C10H18N4O2S/c1-2-14-6-10(12-7-14)17(15,16)13-9-5-3-4-8(9)11/h6-9,13H,2-5,11H2,1H3. The maximum atomic E-state index is 12.0. The third kappa shape index (κ3) is 2.67. The third-order valence-electron chi connectivity index (χ3n) is 3.13. The number of aromatic nitrogens is 2. The van der Waals surface area contributed by atoms with Crippen LogP contribution in [-0.2, 0) is 16.6 Å². The molecular formula is C10H18N4O2S. The summed E-state index contributed by atoms with van der Waals surface area (Å²) in [7, 11) is -3.53. The van der Waals surface area contributed by atoms with E-state index in [1.165, 1.54) is 12.5 Å². The van der Waals surface area contributed by atoms with E-state index < -0.39 is 10.0 Å². The average Bonchev–Trinajstić information content (AvgIpc) is 2.88. The fraction of sp³-hybridized carbons (Fsp3) is 0.700. The summed E-state index contributed by atoms with van der Waals surface area (Å²) in [5.41, 5.74) is 5.84. The van der Waals surface area contributed by atoms with Crippen LogP contribution in [0.1, 0.15) is 26.2 Å². The Morgan fingerprint density at radius 1 is 1.59 bits per heavy atom. The number of nitrogens with one attached hydrogen (secondary N) is 1. The molecule has 0 aromatic carbocycles. The van der Waals surface area contributed by atoms with Crippen LogP contribution in [0.4, 0.5) is 0 Å². The van der Waals surface area contributed by atoms with Crippen LogP contribution in [-0.4, -0.2) is 30.1 Å². The fourth-order valence-electron chi connectivity index (χ4n) is 2.05. The first-order chi connectivity index (χ1) is 8.03. The Morgan fingerprint density at radius 3 is 2.88 bits per heavy atom. The molecule has 7 heteroatoms. The van der Waals surface area contributed by atoms with E-state index in [1.807, 2.05) is 6.92 Å². The summed E-state index contributed by atoms with van der Waals surface area (Å²) in [5, 5.41) is 0.0680. The molecule has 1 heterocycles. The van der Waals surface area contributed by atoms with Gasteiger partial charge in [-0.15, -0.1) is 0 Å². The highest BCUT2D eigenvalue weighted by Crippen LogP contribution is 2.19. The van der Waals surface area contributed by atoms with Crippen molar-refractivity contribution in [1.29, 1.82) is 0 Å². The molecule has 1 aliphatic carbocycles. The van der Waals surface area contributed by atoms with Gasteiger partial charge in [-0.2, -0.15) is 0 Å². The van der Waals surface area contributed by atoms with Gasteiger partial charge >= 0.3 is 0 Å². The zero-order valence-corrected chi connectivity index (χ0v) is 10.7. The van der Waals surface area contributed by atoms with Crippen LogP contribution in [0.25, 0.3) is 0 Å². The van der Waals surface area contributed by atoms with Gasteiger partial charge in [-0.25, -0.2) is 18.1 Å². The van der Waals surface area contributed by atoms with Gasteiger partial charge in [0.25, 0.3) is 10.0 Å². The van der Waals surface area contributed by atoms with Crippen LogP contribution < -0.4 is 10.5 Å². The van der Waals surface area contributed by atoms with Gasteiger partial charge in [0.1, 0.15) is 0 Å². The lowest BCUT2D eigenvalue weighted by molar-refractivity contribution is 0.520. The number of hydrogen-bond donors (Lipinski definition) is 2. The summed E-state index contributed by atoms with van der Waals surface area (Å²) in [6.07, 6.45) is 5.69. The Labute approximate surface area is 101 Å². The van der Waals surface area contributed by atoms with Crippen molar-refractivity contribution in [3.05, 3.63) is 12.5 Å². The Hall–Kier alpha value is -0.920. The smallest absolute Gasteiger partial charge is 0.259 e.